The molecule has 1 aromatic rings. The van der Waals surface area contributed by atoms with E-state index in [9.17, 15) is 4.79 Å². The van der Waals surface area contributed by atoms with Crippen molar-refractivity contribution in [1.29, 1.82) is 0 Å². The molecule has 2 nitrogen and oxygen atoms in total. The van der Waals surface area contributed by atoms with Gasteiger partial charge in [0.2, 0.25) is 0 Å². The number of carbonyl (C=O) groups excluding carboxylic acids is 1. The third kappa shape index (κ3) is 2.05. The van der Waals surface area contributed by atoms with E-state index in [1.807, 2.05) is 18.2 Å². The van der Waals surface area contributed by atoms with Crippen LogP contribution < -0.4 is 4.90 Å². The first kappa shape index (κ1) is 11.8. The van der Waals surface area contributed by atoms with E-state index in [0.717, 1.165) is 30.6 Å². The molecule has 0 bridgehead atoms. The van der Waals surface area contributed by atoms with Crippen LogP contribution in [0.5, 0.6) is 0 Å². The molecule has 0 aromatic heterocycles. The molecule has 1 heterocycles. The fourth-order valence-corrected chi connectivity index (χ4v) is 3.72. The lowest BCUT2D eigenvalue weighted by atomic mass is 9.77. The van der Waals surface area contributed by atoms with Crippen molar-refractivity contribution in [2.45, 2.75) is 38.5 Å². The molecule has 1 aliphatic carbocycles. The monoisotopic (exact) mass is 243 g/mol. The SMILES string of the molecule is O=Cc1ccccc1N1CCC2(CCCC2)CC1. The van der Waals surface area contributed by atoms with Crippen molar-refractivity contribution in [3.8, 4) is 0 Å². The van der Waals surface area contributed by atoms with Crippen LogP contribution in [0.2, 0.25) is 0 Å². The third-order valence-corrected chi connectivity index (χ3v) is 4.89. The van der Waals surface area contributed by atoms with Crippen LogP contribution in [0.3, 0.4) is 0 Å². The molecule has 1 spiro atoms. The summed E-state index contributed by atoms with van der Waals surface area (Å²) in [6, 6.07) is 7.97. The molecule has 0 radical (unpaired) electrons. The average Bonchev–Trinajstić information content (AvgIpc) is 2.88. The summed E-state index contributed by atoms with van der Waals surface area (Å²) in [6.07, 6.45) is 9.29. The van der Waals surface area contributed by atoms with Gasteiger partial charge >= 0.3 is 0 Å². The standard InChI is InChI=1S/C16H21NO/c18-13-14-5-1-2-6-15(14)17-11-9-16(10-12-17)7-3-4-8-16/h1-2,5-6,13H,3-4,7-12H2. The summed E-state index contributed by atoms with van der Waals surface area (Å²) in [7, 11) is 0. The highest BCUT2D eigenvalue weighted by atomic mass is 16.1. The number of rotatable bonds is 2. The highest BCUT2D eigenvalue weighted by molar-refractivity contribution is 5.84. The maximum absolute atomic E-state index is 11.1. The first-order valence-corrected chi connectivity index (χ1v) is 7.12. The number of piperidine rings is 1. The van der Waals surface area contributed by atoms with Gasteiger partial charge in [-0.1, -0.05) is 25.0 Å². The topological polar surface area (TPSA) is 20.3 Å². The molecule has 2 fully saturated rings. The molecule has 0 N–H and O–H groups in total. The van der Waals surface area contributed by atoms with Gasteiger partial charge in [0.25, 0.3) is 0 Å². The summed E-state index contributed by atoms with van der Waals surface area (Å²) in [6.45, 7) is 2.23. The summed E-state index contributed by atoms with van der Waals surface area (Å²) in [5.41, 5.74) is 2.60. The molecule has 1 saturated heterocycles. The van der Waals surface area contributed by atoms with Gasteiger partial charge < -0.3 is 4.90 Å². The normalized spacial score (nSPS) is 22.3. The van der Waals surface area contributed by atoms with Gasteiger partial charge in [0.05, 0.1) is 0 Å². The number of para-hydroxylation sites is 1. The van der Waals surface area contributed by atoms with Crippen molar-refractivity contribution in [2.75, 3.05) is 18.0 Å². The lowest BCUT2D eigenvalue weighted by Crippen LogP contribution is -2.39. The Balaban J connectivity index is 1.74. The molecule has 96 valence electrons. The summed E-state index contributed by atoms with van der Waals surface area (Å²) < 4.78 is 0. The molecule has 1 aromatic carbocycles. The summed E-state index contributed by atoms with van der Waals surface area (Å²) >= 11 is 0. The molecule has 18 heavy (non-hydrogen) atoms. The van der Waals surface area contributed by atoms with Gasteiger partial charge in [-0.2, -0.15) is 0 Å². The molecular formula is C16H21NO. The Morgan fingerprint density at radius 3 is 2.33 bits per heavy atom. The van der Waals surface area contributed by atoms with Gasteiger partial charge in [0.15, 0.2) is 6.29 Å². The first-order valence-electron chi connectivity index (χ1n) is 7.12. The van der Waals surface area contributed by atoms with Crippen LogP contribution in [0.15, 0.2) is 24.3 Å². The Kier molecular flexibility index (Phi) is 3.11. The Hall–Kier alpha value is -1.31. The fraction of sp³-hybridized carbons (Fsp3) is 0.562. The Morgan fingerprint density at radius 1 is 1.00 bits per heavy atom. The van der Waals surface area contributed by atoms with Crippen LogP contribution in [-0.2, 0) is 0 Å². The van der Waals surface area contributed by atoms with Crippen molar-refractivity contribution >= 4 is 12.0 Å². The van der Waals surface area contributed by atoms with Crippen molar-refractivity contribution in [3.05, 3.63) is 29.8 Å². The summed E-state index contributed by atoms with van der Waals surface area (Å²) in [4.78, 5) is 13.5. The van der Waals surface area contributed by atoms with Gasteiger partial charge in [-0.3, -0.25) is 4.79 Å². The minimum absolute atomic E-state index is 0.645. The first-order chi connectivity index (χ1) is 8.83. The highest BCUT2D eigenvalue weighted by Gasteiger charge is 2.37. The van der Waals surface area contributed by atoms with E-state index < -0.39 is 0 Å². The Labute approximate surface area is 109 Å². The maximum atomic E-state index is 11.1. The number of carbonyl (C=O) groups is 1. The molecule has 1 aliphatic heterocycles. The average molecular weight is 243 g/mol. The molecule has 3 rings (SSSR count). The van der Waals surface area contributed by atoms with Crippen molar-refractivity contribution < 1.29 is 4.79 Å². The fourth-order valence-electron chi connectivity index (χ4n) is 3.72. The number of benzene rings is 1. The van der Waals surface area contributed by atoms with Crippen molar-refractivity contribution in [2.24, 2.45) is 5.41 Å². The van der Waals surface area contributed by atoms with Crippen molar-refractivity contribution in [3.63, 3.8) is 0 Å². The van der Waals surface area contributed by atoms with Crippen LogP contribution in [0.1, 0.15) is 48.9 Å². The number of hydrogen-bond donors (Lipinski definition) is 0. The van der Waals surface area contributed by atoms with Gasteiger partial charge in [-0.05, 0) is 43.2 Å². The second kappa shape index (κ2) is 4.75. The third-order valence-electron chi connectivity index (χ3n) is 4.89. The molecule has 2 aliphatic rings. The van der Waals surface area contributed by atoms with Crippen LogP contribution in [0.25, 0.3) is 0 Å². The van der Waals surface area contributed by atoms with E-state index in [0.29, 0.717) is 5.41 Å². The zero-order valence-electron chi connectivity index (χ0n) is 10.9. The minimum Gasteiger partial charge on any atom is -0.371 e. The van der Waals surface area contributed by atoms with Crippen molar-refractivity contribution in [1.82, 2.24) is 0 Å². The van der Waals surface area contributed by atoms with Gasteiger partial charge in [-0.25, -0.2) is 0 Å². The Bertz CT molecular complexity index is 424. The molecule has 2 heteroatoms. The smallest absolute Gasteiger partial charge is 0.152 e. The molecule has 0 unspecified atom stereocenters. The van der Waals surface area contributed by atoms with Crippen LogP contribution in [0, 0.1) is 5.41 Å². The Morgan fingerprint density at radius 2 is 1.67 bits per heavy atom. The molecule has 1 saturated carbocycles. The molecular weight excluding hydrogens is 222 g/mol. The largest absolute Gasteiger partial charge is 0.371 e. The second-order valence-corrected chi connectivity index (χ2v) is 5.87. The number of anilines is 1. The number of nitrogens with zero attached hydrogens (tertiary/aromatic N) is 1. The maximum Gasteiger partial charge on any atom is 0.152 e. The highest BCUT2D eigenvalue weighted by Crippen LogP contribution is 2.46. The van der Waals surface area contributed by atoms with Crippen LogP contribution >= 0.6 is 0 Å². The lowest BCUT2D eigenvalue weighted by Gasteiger charge is -2.40. The van der Waals surface area contributed by atoms with Crippen LogP contribution in [-0.4, -0.2) is 19.4 Å². The summed E-state index contributed by atoms with van der Waals surface area (Å²) in [5.74, 6) is 0. The molecule has 0 amide bonds. The van der Waals surface area contributed by atoms with E-state index in [1.54, 1.807) is 0 Å². The van der Waals surface area contributed by atoms with Gasteiger partial charge in [-0.15, -0.1) is 0 Å². The summed E-state index contributed by atoms with van der Waals surface area (Å²) in [5, 5.41) is 0. The van der Waals surface area contributed by atoms with E-state index >= 15 is 0 Å². The lowest BCUT2D eigenvalue weighted by molar-refractivity contribution is 0.112. The van der Waals surface area contributed by atoms with E-state index in [2.05, 4.69) is 11.0 Å². The minimum atomic E-state index is 0.645. The van der Waals surface area contributed by atoms with Gasteiger partial charge in [0.1, 0.15) is 0 Å². The predicted octanol–water partition coefficient (Wildman–Crippen LogP) is 3.66. The second-order valence-electron chi connectivity index (χ2n) is 5.87. The zero-order valence-corrected chi connectivity index (χ0v) is 10.9. The van der Waals surface area contributed by atoms with E-state index in [4.69, 9.17) is 0 Å². The van der Waals surface area contributed by atoms with E-state index in [1.165, 1.54) is 38.5 Å². The van der Waals surface area contributed by atoms with Gasteiger partial charge in [0, 0.05) is 24.3 Å². The quantitative estimate of drug-likeness (QED) is 0.739. The van der Waals surface area contributed by atoms with E-state index in [-0.39, 0.29) is 0 Å². The zero-order chi connectivity index (χ0) is 12.4. The predicted molar refractivity (Wildman–Crippen MR) is 74.2 cm³/mol. The molecule has 0 atom stereocenters. The number of aldehydes is 1. The van der Waals surface area contributed by atoms with Crippen LogP contribution in [0.4, 0.5) is 5.69 Å². The number of hydrogen-bond acceptors (Lipinski definition) is 2.